The molecule has 0 aliphatic heterocycles. The molecule has 114 valence electrons. The Balaban J connectivity index is 4.11. The van der Waals surface area contributed by atoms with Gasteiger partial charge < -0.3 is 11.1 Å². The third kappa shape index (κ3) is 9.94. The molecule has 3 nitrogen and oxygen atoms in total. The SMILES string of the molecule is CC(C)CCCC(C)NC(=O)C(CN)CC(C)(C)C. The molecule has 0 rings (SSSR count). The number of hydrogen-bond acceptors (Lipinski definition) is 2. The van der Waals surface area contributed by atoms with Crippen molar-refractivity contribution in [2.45, 2.75) is 73.3 Å². The van der Waals surface area contributed by atoms with Crippen molar-refractivity contribution in [1.29, 1.82) is 0 Å². The van der Waals surface area contributed by atoms with E-state index in [1.165, 1.54) is 12.8 Å². The standard InChI is InChI=1S/C16H34N2O/c1-12(2)8-7-9-13(3)18-15(19)14(11-17)10-16(4,5)6/h12-14H,7-11,17H2,1-6H3,(H,18,19). The van der Waals surface area contributed by atoms with Gasteiger partial charge in [-0.15, -0.1) is 0 Å². The lowest BCUT2D eigenvalue weighted by molar-refractivity contribution is -0.126. The molecule has 3 heteroatoms. The molecule has 0 radical (unpaired) electrons. The van der Waals surface area contributed by atoms with Gasteiger partial charge in [0.25, 0.3) is 0 Å². The van der Waals surface area contributed by atoms with Crippen LogP contribution in [0.25, 0.3) is 0 Å². The fourth-order valence-electron chi connectivity index (χ4n) is 2.29. The van der Waals surface area contributed by atoms with E-state index in [1.807, 2.05) is 0 Å². The van der Waals surface area contributed by atoms with Crippen LogP contribution < -0.4 is 11.1 Å². The molecule has 0 fully saturated rings. The van der Waals surface area contributed by atoms with E-state index in [-0.39, 0.29) is 23.3 Å². The lowest BCUT2D eigenvalue weighted by Gasteiger charge is -2.25. The van der Waals surface area contributed by atoms with Gasteiger partial charge in [0, 0.05) is 12.6 Å². The van der Waals surface area contributed by atoms with Crippen molar-refractivity contribution in [3.8, 4) is 0 Å². The molecule has 2 atom stereocenters. The first-order chi connectivity index (χ1) is 8.65. The maximum Gasteiger partial charge on any atom is 0.224 e. The summed E-state index contributed by atoms with van der Waals surface area (Å²) in [4.78, 5) is 12.2. The van der Waals surface area contributed by atoms with Gasteiger partial charge in [-0.25, -0.2) is 0 Å². The molecule has 0 aromatic heterocycles. The fourth-order valence-corrected chi connectivity index (χ4v) is 2.29. The zero-order valence-electron chi connectivity index (χ0n) is 13.8. The highest BCUT2D eigenvalue weighted by Crippen LogP contribution is 2.24. The van der Waals surface area contributed by atoms with Crippen LogP contribution in [0.15, 0.2) is 0 Å². The number of carbonyl (C=O) groups is 1. The number of amides is 1. The van der Waals surface area contributed by atoms with E-state index in [0.29, 0.717) is 6.54 Å². The van der Waals surface area contributed by atoms with Crippen LogP contribution >= 0.6 is 0 Å². The van der Waals surface area contributed by atoms with Crippen LogP contribution in [0.2, 0.25) is 0 Å². The van der Waals surface area contributed by atoms with Crippen molar-refractivity contribution >= 4 is 5.91 Å². The van der Waals surface area contributed by atoms with E-state index < -0.39 is 0 Å². The Morgan fingerprint density at radius 3 is 2.16 bits per heavy atom. The van der Waals surface area contributed by atoms with Crippen molar-refractivity contribution in [1.82, 2.24) is 5.32 Å². The van der Waals surface area contributed by atoms with Gasteiger partial charge in [0.05, 0.1) is 5.92 Å². The molecule has 0 heterocycles. The van der Waals surface area contributed by atoms with E-state index >= 15 is 0 Å². The normalized spacial score (nSPS) is 15.4. The average Bonchev–Trinajstić information content (AvgIpc) is 2.23. The second-order valence-electron chi connectivity index (χ2n) is 7.43. The summed E-state index contributed by atoms with van der Waals surface area (Å²) in [5, 5.41) is 3.11. The highest BCUT2D eigenvalue weighted by molar-refractivity contribution is 5.79. The van der Waals surface area contributed by atoms with Gasteiger partial charge in [0.15, 0.2) is 0 Å². The van der Waals surface area contributed by atoms with E-state index in [4.69, 9.17) is 5.73 Å². The Bertz CT molecular complexity index is 256. The molecule has 0 spiro atoms. The molecule has 19 heavy (non-hydrogen) atoms. The lowest BCUT2D eigenvalue weighted by Crippen LogP contribution is -2.41. The quantitative estimate of drug-likeness (QED) is 0.711. The summed E-state index contributed by atoms with van der Waals surface area (Å²) in [6.07, 6.45) is 4.29. The van der Waals surface area contributed by atoms with E-state index in [2.05, 4.69) is 46.9 Å². The Hall–Kier alpha value is -0.570. The second-order valence-corrected chi connectivity index (χ2v) is 7.43. The summed E-state index contributed by atoms with van der Waals surface area (Å²) < 4.78 is 0. The zero-order valence-corrected chi connectivity index (χ0v) is 13.8. The largest absolute Gasteiger partial charge is 0.353 e. The molecule has 0 saturated heterocycles. The van der Waals surface area contributed by atoms with Crippen LogP contribution in [0.3, 0.4) is 0 Å². The van der Waals surface area contributed by atoms with Crippen molar-refractivity contribution < 1.29 is 4.79 Å². The van der Waals surface area contributed by atoms with Crippen LogP contribution in [0.5, 0.6) is 0 Å². The minimum Gasteiger partial charge on any atom is -0.353 e. The van der Waals surface area contributed by atoms with Crippen molar-refractivity contribution in [3.05, 3.63) is 0 Å². The molecule has 0 aliphatic carbocycles. The Labute approximate surface area is 119 Å². The van der Waals surface area contributed by atoms with Gasteiger partial charge in [-0.3, -0.25) is 4.79 Å². The van der Waals surface area contributed by atoms with Crippen LogP contribution in [0.4, 0.5) is 0 Å². The van der Waals surface area contributed by atoms with Crippen LogP contribution in [0.1, 0.15) is 67.2 Å². The first-order valence-corrected chi connectivity index (χ1v) is 7.66. The van der Waals surface area contributed by atoms with Crippen LogP contribution in [0, 0.1) is 17.3 Å². The van der Waals surface area contributed by atoms with Crippen molar-refractivity contribution in [2.75, 3.05) is 6.54 Å². The minimum absolute atomic E-state index is 0.0625. The number of nitrogens with two attached hydrogens (primary N) is 1. The third-order valence-electron chi connectivity index (χ3n) is 3.32. The van der Waals surface area contributed by atoms with Crippen LogP contribution in [-0.2, 0) is 4.79 Å². The molecule has 3 N–H and O–H groups in total. The predicted molar refractivity (Wildman–Crippen MR) is 82.9 cm³/mol. The molecule has 0 aromatic rings. The van der Waals surface area contributed by atoms with Gasteiger partial charge >= 0.3 is 0 Å². The minimum atomic E-state index is -0.0625. The fraction of sp³-hybridized carbons (Fsp3) is 0.938. The van der Waals surface area contributed by atoms with Gasteiger partial charge in [0.2, 0.25) is 5.91 Å². The molecular formula is C16H34N2O. The maximum absolute atomic E-state index is 12.2. The number of hydrogen-bond donors (Lipinski definition) is 2. The number of nitrogens with one attached hydrogen (secondary N) is 1. The summed E-state index contributed by atoms with van der Waals surface area (Å²) in [6, 6.07) is 0.250. The first kappa shape index (κ1) is 18.4. The summed E-state index contributed by atoms with van der Waals surface area (Å²) in [6.45, 7) is 13.4. The highest BCUT2D eigenvalue weighted by Gasteiger charge is 2.24. The number of carbonyl (C=O) groups excluding carboxylic acids is 1. The maximum atomic E-state index is 12.2. The summed E-state index contributed by atoms with van der Waals surface area (Å²) in [7, 11) is 0. The van der Waals surface area contributed by atoms with Gasteiger partial charge in [0.1, 0.15) is 0 Å². The molecule has 0 aromatic carbocycles. The van der Waals surface area contributed by atoms with Gasteiger partial charge in [-0.2, -0.15) is 0 Å². The lowest BCUT2D eigenvalue weighted by atomic mass is 9.84. The Morgan fingerprint density at radius 2 is 1.74 bits per heavy atom. The zero-order chi connectivity index (χ0) is 15.1. The molecule has 2 unspecified atom stereocenters. The van der Waals surface area contributed by atoms with Gasteiger partial charge in [-0.1, -0.05) is 47.5 Å². The highest BCUT2D eigenvalue weighted by atomic mass is 16.1. The van der Waals surface area contributed by atoms with E-state index in [1.54, 1.807) is 0 Å². The molecule has 1 amide bonds. The second kappa shape index (κ2) is 8.57. The number of rotatable bonds is 8. The predicted octanol–water partition coefficient (Wildman–Crippen LogP) is 3.33. The topological polar surface area (TPSA) is 55.1 Å². The molecular weight excluding hydrogens is 236 g/mol. The third-order valence-corrected chi connectivity index (χ3v) is 3.32. The molecule has 0 aliphatic rings. The molecule has 0 bridgehead atoms. The average molecular weight is 270 g/mol. The monoisotopic (exact) mass is 270 g/mol. The van der Waals surface area contributed by atoms with Gasteiger partial charge in [-0.05, 0) is 31.1 Å². The Kier molecular flexibility index (Phi) is 8.31. The smallest absolute Gasteiger partial charge is 0.224 e. The summed E-state index contributed by atoms with van der Waals surface area (Å²) >= 11 is 0. The summed E-state index contributed by atoms with van der Waals surface area (Å²) in [5.74, 6) is 0.794. The van der Waals surface area contributed by atoms with E-state index in [9.17, 15) is 4.79 Å². The van der Waals surface area contributed by atoms with E-state index in [0.717, 1.165) is 18.8 Å². The first-order valence-electron chi connectivity index (χ1n) is 7.66. The van der Waals surface area contributed by atoms with Crippen molar-refractivity contribution in [2.24, 2.45) is 23.0 Å². The summed E-state index contributed by atoms with van der Waals surface area (Å²) in [5.41, 5.74) is 5.88. The molecule has 0 saturated carbocycles. The van der Waals surface area contributed by atoms with Crippen LogP contribution in [-0.4, -0.2) is 18.5 Å². The van der Waals surface area contributed by atoms with Crippen molar-refractivity contribution in [3.63, 3.8) is 0 Å². The Morgan fingerprint density at radius 1 is 1.16 bits per heavy atom.